The molecule has 2 aliphatic heterocycles. The Balaban J connectivity index is 1.58. The summed E-state index contributed by atoms with van der Waals surface area (Å²) < 4.78 is 27.3. The highest BCUT2D eigenvalue weighted by atomic mass is 32.2. The quantitative estimate of drug-likeness (QED) is 0.523. The summed E-state index contributed by atoms with van der Waals surface area (Å²) in [6.07, 6.45) is 3.06. The van der Waals surface area contributed by atoms with Crippen LogP contribution in [-0.4, -0.2) is 68.1 Å². The molecule has 1 fully saturated rings. The van der Waals surface area contributed by atoms with E-state index < -0.39 is 27.9 Å². The van der Waals surface area contributed by atoms with Crippen LogP contribution in [0.3, 0.4) is 0 Å². The Kier molecular flexibility index (Phi) is 7.95. The second-order valence-corrected chi connectivity index (χ2v) is 11.9. The minimum absolute atomic E-state index is 0.0967. The zero-order valence-electron chi connectivity index (χ0n) is 20.6. The molecule has 3 N–H and O–H groups in total. The Bertz CT molecular complexity index is 1330. The first-order valence-electron chi connectivity index (χ1n) is 12.0. The first-order valence-corrected chi connectivity index (χ1v) is 14.2. The fourth-order valence-electron chi connectivity index (χ4n) is 4.44. The average molecular weight is 548 g/mol. The average Bonchev–Trinajstić information content (AvgIpc) is 3.26. The number of rotatable bonds is 5. The lowest BCUT2D eigenvalue weighted by Gasteiger charge is -2.26. The number of nitrogens with zero attached hydrogens (tertiary/aromatic N) is 2. The molecule has 1 aromatic carbocycles. The number of anilines is 1. The van der Waals surface area contributed by atoms with Gasteiger partial charge in [0.2, 0.25) is 15.9 Å². The lowest BCUT2D eigenvalue weighted by atomic mass is 10.0. The molecule has 0 unspecified atom stereocenters. The van der Waals surface area contributed by atoms with Crippen LogP contribution in [-0.2, 0) is 27.8 Å². The highest BCUT2D eigenvalue weighted by Gasteiger charge is 2.31. The van der Waals surface area contributed by atoms with Crippen molar-refractivity contribution in [2.24, 2.45) is 0 Å². The number of carbonyl (C=O) groups is 4. The summed E-state index contributed by atoms with van der Waals surface area (Å²) in [7, 11) is -2.25. The summed E-state index contributed by atoms with van der Waals surface area (Å²) in [5, 5.41) is 7.57. The van der Waals surface area contributed by atoms with Gasteiger partial charge in [-0.15, -0.1) is 11.3 Å². The largest absolute Gasteiger partial charge is 0.341 e. The zero-order valence-corrected chi connectivity index (χ0v) is 22.3. The van der Waals surface area contributed by atoms with Crippen LogP contribution in [0.2, 0.25) is 0 Å². The minimum atomic E-state index is -3.63. The molecule has 0 spiro atoms. The molecular weight excluding hydrogens is 518 g/mol. The Morgan fingerprint density at radius 3 is 2.24 bits per heavy atom. The molecule has 0 aliphatic carbocycles. The van der Waals surface area contributed by atoms with Crippen molar-refractivity contribution >= 4 is 50.1 Å². The summed E-state index contributed by atoms with van der Waals surface area (Å²) in [6.45, 7) is 3.15. The SMILES string of the molecule is CNC(=O)NC(=O)c1c(NC(=O)c2ccc(S(=O)(=O)N3CCCCC3)cc2)sc2c1CCN(C(C)=O)C2. The number of thiophene rings is 1. The van der Waals surface area contributed by atoms with Crippen molar-refractivity contribution in [2.45, 2.75) is 44.0 Å². The van der Waals surface area contributed by atoms with Crippen molar-refractivity contribution in [1.29, 1.82) is 0 Å². The van der Waals surface area contributed by atoms with Gasteiger partial charge >= 0.3 is 6.03 Å². The van der Waals surface area contributed by atoms with Gasteiger partial charge in [0.05, 0.1) is 17.0 Å². The van der Waals surface area contributed by atoms with Crippen molar-refractivity contribution in [3.8, 4) is 0 Å². The second kappa shape index (κ2) is 11.0. The maximum Gasteiger partial charge on any atom is 0.321 e. The van der Waals surface area contributed by atoms with Gasteiger partial charge in [-0.05, 0) is 49.1 Å². The predicted molar refractivity (Wildman–Crippen MR) is 138 cm³/mol. The van der Waals surface area contributed by atoms with Gasteiger partial charge < -0.3 is 15.5 Å². The van der Waals surface area contributed by atoms with E-state index in [0.29, 0.717) is 38.2 Å². The van der Waals surface area contributed by atoms with Crippen LogP contribution in [0.1, 0.15) is 57.3 Å². The van der Waals surface area contributed by atoms with Crippen LogP contribution in [0.5, 0.6) is 0 Å². The van der Waals surface area contributed by atoms with Gasteiger partial charge in [0.15, 0.2) is 0 Å². The van der Waals surface area contributed by atoms with Crippen LogP contribution in [0.15, 0.2) is 29.2 Å². The van der Waals surface area contributed by atoms with Gasteiger partial charge in [0, 0.05) is 44.0 Å². The van der Waals surface area contributed by atoms with Gasteiger partial charge in [0.25, 0.3) is 11.8 Å². The number of urea groups is 1. The van der Waals surface area contributed by atoms with Gasteiger partial charge in [0.1, 0.15) is 5.00 Å². The Labute approximate surface area is 219 Å². The highest BCUT2D eigenvalue weighted by molar-refractivity contribution is 7.89. The molecule has 0 radical (unpaired) electrons. The molecule has 4 rings (SSSR count). The first-order chi connectivity index (χ1) is 17.6. The number of hydrogen-bond donors (Lipinski definition) is 3. The minimum Gasteiger partial charge on any atom is -0.341 e. The van der Waals surface area contributed by atoms with E-state index in [2.05, 4.69) is 16.0 Å². The number of imide groups is 1. The Morgan fingerprint density at radius 1 is 0.946 bits per heavy atom. The van der Waals surface area contributed by atoms with Crippen molar-refractivity contribution in [2.75, 3.05) is 32.0 Å². The van der Waals surface area contributed by atoms with E-state index in [1.54, 1.807) is 4.90 Å². The third-order valence-electron chi connectivity index (χ3n) is 6.48. The number of hydrogen-bond acceptors (Lipinski definition) is 7. The van der Waals surface area contributed by atoms with Gasteiger partial charge in [-0.25, -0.2) is 13.2 Å². The second-order valence-electron chi connectivity index (χ2n) is 8.87. The van der Waals surface area contributed by atoms with Crippen LogP contribution in [0.25, 0.3) is 0 Å². The van der Waals surface area contributed by atoms with Crippen LogP contribution < -0.4 is 16.0 Å². The number of piperidine rings is 1. The van der Waals surface area contributed by atoms with Gasteiger partial charge in [-0.1, -0.05) is 6.42 Å². The smallest absolute Gasteiger partial charge is 0.321 e. The summed E-state index contributed by atoms with van der Waals surface area (Å²) in [4.78, 5) is 52.2. The molecule has 198 valence electrons. The molecule has 1 saturated heterocycles. The predicted octanol–water partition coefficient (Wildman–Crippen LogP) is 2.15. The number of nitrogens with one attached hydrogen (secondary N) is 3. The van der Waals surface area contributed by atoms with Crippen LogP contribution in [0.4, 0.5) is 9.80 Å². The van der Waals surface area contributed by atoms with Crippen LogP contribution in [0, 0.1) is 0 Å². The van der Waals surface area contributed by atoms with Gasteiger partial charge in [-0.3, -0.25) is 19.7 Å². The maximum absolute atomic E-state index is 13.1. The van der Waals surface area contributed by atoms with Crippen molar-refractivity contribution in [3.63, 3.8) is 0 Å². The third kappa shape index (κ3) is 5.68. The molecular formula is C24H29N5O6S2. The van der Waals surface area contributed by atoms with E-state index in [1.165, 1.54) is 53.9 Å². The normalized spacial score (nSPS) is 16.0. The van der Waals surface area contributed by atoms with E-state index >= 15 is 0 Å². The molecule has 3 heterocycles. The molecule has 11 nitrogen and oxygen atoms in total. The molecule has 1 aromatic heterocycles. The first kappa shape index (κ1) is 26.8. The molecule has 2 aliphatic rings. The molecule has 0 atom stereocenters. The molecule has 0 saturated carbocycles. The third-order valence-corrected chi connectivity index (χ3v) is 9.52. The van der Waals surface area contributed by atoms with Crippen molar-refractivity contribution in [1.82, 2.24) is 19.8 Å². The molecule has 13 heteroatoms. The van der Waals surface area contributed by atoms with Crippen molar-refractivity contribution < 1.29 is 27.6 Å². The zero-order chi connectivity index (χ0) is 26.7. The van der Waals surface area contributed by atoms with E-state index in [1.807, 2.05) is 0 Å². The number of benzene rings is 1. The number of sulfonamides is 1. The van der Waals surface area contributed by atoms with Crippen LogP contribution >= 0.6 is 11.3 Å². The maximum atomic E-state index is 13.1. The van der Waals surface area contributed by atoms with Crippen molar-refractivity contribution in [3.05, 3.63) is 45.8 Å². The van der Waals surface area contributed by atoms with E-state index in [4.69, 9.17) is 0 Å². The fraction of sp³-hybridized carbons (Fsp3) is 0.417. The molecule has 37 heavy (non-hydrogen) atoms. The lowest BCUT2D eigenvalue weighted by molar-refractivity contribution is -0.129. The topological polar surface area (TPSA) is 145 Å². The monoisotopic (exact) mass is 547 g/mol. The lowest BCUT2D eigenvalue weighted by Crippen LogP contribution is -2.39. The Hall–Kier alpha value is -3.29. The molecule has 5 amide bonds. The summed E-state index contributed by atoms with van der Waals surface area (Å²) >= 11 is 1.17. The summed E-state index contributed by atoms with van der Waals surface area (Å²) in [5.41, 5.74) is 1.08. The highest BCUT2D eigenvalue weighted by Crippen LogP contribution is 2.37. The fourth-order valence-corrected chi connectivity index (χ4v) is 7.21. The molecule has 2 aromatic rings. The van der Waals surface area contributed by atoms with E-state index in [9.17, 15) is 27.6 Å². The molecule has 0 bridgehead atoms. The summed E-state index contributed by atoms with van der Waals surface area (Å²) in [6, 6.07) is 4.99. The number of fused-ring (bicyclic) bond motifs is 1. The van der Waals surface area contributed by atoms with Gasteiger partial charge in [-0.2, -0.15) is 4.31 Å². The number of carbonyl (C=O) groups excluding carboxylic acids is 4. The number of amides is 5. The standard InChI is InChI=1S/C24H29N5O6S2/c1-15(30)28-13-10-18-19(14-28)36-23(20(18)22(32)27-24(33)25-2)26-21(31)16-6-8-17(9-7-16)37(34,35)29-11-4-3-5-12-29/h6-9H,3-5,10-14H2,1-2H3,(H,26,31)(H2,25,27,32,33). The Morgan fingerprint density at radius 2 is 1.62 bits per heavy atom. The summed E-state index contributed by atoms with van der Waals surface area (Å²) in [5.74, 6) is -1.29. The van der Waals surface area contributed by atoms with E-state index in [-0.39, 0.29) is 26.9 Å². The van der Waals surface area contributed by atoms with E-state index in [0.717, 1.165) is 24.1 Å².